The van der Waals surface area contributed by atoms with E-state index in [2.05, 4.69) is 15.6 Å². The highest BCUT2D eigenvalue weighted by molar-refractivity contribution is 7.14. The van der Waals surface area contributed by atoms with Gasteiger partial charge in [0, 0.05) is 18.5 Å². The number of amides is 2. The van der Waals surface area contributed by atoms with E-state index in [0.717, 1.165) is 32.5 Å². The number of hydrogen-bond donors (Lipinski definition) is 2. The zero-order valence-electron chi connectivity index (χ0n) is 15.1. The maximum atomic E-state index is 12.5. The van der Waals surface area contributed by atoms with Gasteiger partial charge in [0.15, 0.2) is 5.13 Å². The quantitative estimate of drug-likeness (QED) is 0.808. The number of anilines is 1. The monoisotopic (exact) mass is 376 g/mol. The topological polar surface area (TPSA) is 87.5 Å². The molecule has 1 aliphatic rings. The fourth-order valence-corrected chi connectivity index (χ4v) is 3.88. The van der Waals surface area contributed by atoms with Crippen LogP contribution in [0.2, 0.25) is 0 Å². The first-order chi connectivity index (χ1) is 12.6. The van der Waals surface area contributed by atoms with Gasteiger partial charge in [0.05, 0.1) is 23.9 Å². The minimum atomic E-state index is -0.255. The maximum absolute atomic E-state index is 12.5. The molecule has 0 spiro atoms. The smallest absolute Gasteiger partial charge is 0.260 e. The molecule has 3 rings (SSSR count). The van der Waals surface area contributed by atoms with E-state index in [1.54, 1.807) is 13.0 Å². The standard InChI is InChI=1S/C18H24N4O3S/c1-12-15(5-8-25-12)17(24)21-18-20-14(11-26-18)9-16(23)22-6-3-13(4-7-22)10-19-2/h5,8,11,13,19H,3-4,6-7,9-10H2,1-2H3,(H,20,21,24). The minimum absolute atomic E-state index is 0.0989. The molecule has 1 fully saturated rings. The molecule has 26 heavy (non-hydrogen) atoms. The molecule has 7 nitrogen and oxygen atoms in total. The first-order valence-corrected chi connectivity index (χ1v) is 9.67. The van der Waals surface area contributed by atoms with Gasteiger partial charge in [-0.25, -0.2) is 4.98 Å². The summed E-state index contributed by atoms with van der Waals surface area (Å²) < 4.78 is 5.14. The van der Waals surface area contributed by atoms with Gasteiger partial charge in [-0.05, 0) is 45.3 Å². The molecule has 0 bridgehead atoms. The van der Waals surface area contributed by atoms with Crippen LogP contribution >= 0.6 is 11.3 Å². The minimum Gasteiger partial charge on any atom is -0.469 e. The van der Waals surface area contributed by atoms with E-state index < -0.39 is 0 Å². The summed E-state index contributed by atoms with van der Waals surface area (Å²) in [6.45, 7) is 4.35. The second-order valence-corrected chi connectivity index (χ2v) is 7.41. The van der Waals surface area contributed by atoms with Crippen molar-refractivity contribution < 1.29 is 14.0 Å². The number of nitrogens with one attached hydrogen (secondary N) is 2. The Labute approximate surface area is 156 Å². The second-order valence-electron chi connectivity index (χ2n) is 6.55. The van der Waals surface area contributed by atoms with E-state index >= 15 is 0 Å². The molecule has 8 heteroatoms. The number of nitrogens with zero attached hydrogens (tertiary/aromatic N) is 2. The van der Waals surface area contributed by atoms with E-state index in [1.165, 1.54) is 17.6 Å². The van der Waals surface area contributed by atoms with E-state index in [0.29, 0.717) is 28.1 Å². The van der Waals surface area contributed by atoms with Crippen LogP contribution < -0.4 is 10.6 Å². The highest BCUT2D eigenvalue weighted by Crippen LogP contribution is 2.20. The fraction of sp³-hybridized carbons (Fsp3) is 0.500. The van der Waals surface area contributed by atoms with Gasteiger partial charge < -0.3 is 14.6 Å². The molecule has 2 amide bonds. The van der Waals surface area contributed by atoms with Gasteiger partial charge in [0.2, 0.25) is 5.91 Å². The van der Waals surface area contributed by atoms with Crippen LogP contribution in [0.1, 0.15) is 34.7 Å². The van der Waals surface area contributed by atoms with Gasteiger partial charge in [0.1, 0.15) is 5.76 Å². The zero-order valence-corrected chi connectivity index (χ0v) is 15.9. The Bertz CT molecular complexity index is 762. The van der Waals surface area contributed by atoms with Crippen molar-refractivity contribution in [1.29, 1.82) is 0 Å². The number of piperidine rings is 1. The van der Waals surface area contributed by atoms with Gasteiger partial charge in [-0.3, -0.25) is 14.9 Å². The van der Waals surface area contributed by atoms with Crippen LogP contribution in [0, 0.1) is 12.8 Å². The summed E-state index contributed by atoms with van der Waals surface area (Å²) in [5.74, 6) is 1.06. The third-order valence-electron chi connectivity index (χ3n) is 4.67. The van der Waals surface area contributed by atoms with Crippen molar-refractivity contribution in [2.75, 3.05) is 32.0 Å². The molecule has 2 aromatic heterocycles. The third kappa shape index (κ3) is 4.50. The molecule has 3 heterocycles. The van der Waals surface area contributed by atoms with Crippen molar-refractivity contribution in [3.8, 4) is 0 Å². The number of aryl methyl sites for hydroxylation is 1. The summed E-state index contributed by atoms with van der Waals surface area (Å²) in [4.78, 5) is 30.9. The van der Waals surface area contributed by atoms with Crippen LogP contribution in [0.4, 0.5) is 5.13 Å². The Kier molecular flexibility index (Phi) is 6.05. The first kappa shape index (κ1) is 18.6. The number of thiazole rings is 1. The number of rotatable bonds is 6. The average Bonchev–Trinajstić information content (AvgIpc) is 3.24. The molecule has 0 radical (unpaired) electrons. The molecule has 0 aliphatic carbocycles. The molecule has 0 saturated carbocycles. The van der Waals surface area contributed by atoms with Gasteiger partial charge >= 0.3 is 0 Å². The van der Waals surface area contributed by atoms with E-state index in [1.807, 2.05) is 17.3 Å². The van der Waals surface area contributed by atoms with Crippen LogP contribution in [0.3, 0.4) is 0 Å². The summed E-state index contributed by atoms with van der Waals surface area (Å²) in [6, 6.07) is 1.63. The zero-order chi connectivity index (χ0) is 18.5. The molecule has 0 atom stereocenters. The molecule has 140 valence electrons. The highest BCUT2D eigenvalue weighted by atomic mass is 32.1. The summed E-state index contributed by atoms with van der Waals surface area (Å²) in [6.07, 6.45) is 3.83. The fourth-order valence-electron chi connectivity index (χ4n) is 3.17. The van der Waals surface area contributed by atoms with Crippen LogP contribution in [0.15, 0.2) is 22.1 Å². The summed E-state index contributed by atoms with van der Waals surface area (Å²) >= 11 is 1.32. The molecular weight excluding hydrogens is 352 g/mol. The Morgan fingerprint density at radius 3 is 2.81 bits per heavy atom. The summed E-state index contributed by atoms with van der Waals surface area (Å²) in [5, 5.41) is 8.27. The molecule has 2 N–H and O–H groups in total. The molecule has 1 aliphatic heterocycles. The lowest BCUT2D eigenvalue weighted by atomic mass is 9.96. The van der Waals surface area contributed by atoms with Crippen molar-refractivity contribution in [1.82, 2.24) is 15.2 Å². The lowest BCUT2D eigenvalue weighted by molar-refractivity contribution is -0.131. The normalized spacial score (nSPS) is 15.2. The average molecular weight is 376 g/mol. The van der Waals surface area contributed by atoms with E-state index in [4.69, 9.17) is 4.42 Å². The number of carbonyl (C=O) groups excluding carboxylic acids is 2. The number of hydrogen-bond acceptors (Lipinski definition) is 6. The van der Waals surface area contributed by atoms with Gasteiger partial charge in [-0.15, -0.1) is 11.3 Å². The first-order valence-electron chi connectivity index (χ1n) is 8.79. The van der Waals surface area contributed by atoms with Crippen LogP contribution in [-0.2, 0) is 11.2 Å². The molecule has 1 saturated heterocycles. The maximum Gasteiger partial charge on any atom is 0.260 e. The lowest BCUT2D eigenvalue weighted by Crippen LogP contribution is -2.41. The van der Waals surface area contributed by atoms with Gasteiger partial charge in [-0.2, -0.15) is 0 Å². The highest BCUT2D eigenvalue weighted by Gasteiger charge is 2.23. The van der Waals surface area contributed by atoms with Gasteiger partial charge in [-0.1, -0.05) is 0 Å². The second kappa shape index (κ2) is 8.46. The van der Waals surface area contributed by atoms with Crippen molar-refractivity contribution in [3.05, 3.63) is 34.7 Å². The van der Waals surface area contributed by atoms with Crippen LogP contribution in [0.25, 0.3) is 0 Å². The molecular formula is C18H24N4O3S. The Morgan fingerprint density at radius 2 is 2.15 bits per heavy atom. The van der Waals surface area contributed by atoms with Crippen molar-refractivity contribution in [3.63, 3.8) is 0 Å². The molecule has 0 aromatic carbocycles. The number of likely N-dealkylation sites (tertiary alicyclic amines) is 1. The van der Waals surface area contributed by atoms with Gasteiger partial charge in [0.25, 0.3) is 5.91 Å². The Balaban J connectivity index is 1.51. The summed E-state index contributed by atoms with van der Waals surface area (Å²) in [5.41, 5.74) is 1.18. The predicted octanol–water partition coefficient (Wildman–Crippen LogP) is 2.30. The predicted molar refractivity (Wildman–Crippen MR) is 100 cm³/mol. The largest absolute Gasteiger partial charge is 0.469 e. The molecule has 0 unspecified atom stereocenters. The van der Waals surface area contributed by atoms with Crippen molar-refractivity contribution in [2.24, 2.45) is 5.92 Å². The Hall–Kier alpha value is -2.19. The van der Waals surface area contributed by atoms with Crippen LogP contribution in [0.5, 0.6) is 0 Å². The van der Waals surface area contributed by atoms with Crippen molar-refractivity contribution in [2.45, 2.75) is 26.2 Å². The van der Waals surface area contributed by atoms with Crippen molar-refractivity contribution >= 4 is 28.3 Å². The lowest BCUT2D eigenvalue weighted by Gasteiger charge is -2.31. The summed E-state index contributed by atoms with van der Waals surface area (Å²) in [7, 11) is 1.96. The number of aromatic nitrogens is 1. The van der Waals surface area contributed by atoms with E-state index in [9.17, 15) is 9.59 Å². The number of carbonyl (C=O) groups is 2. The molecule has 2 aromatic rings. The SMILES string of the molecule is CNCC1CCN(C(=O)Cc2csc(NC(=O)c3ccoc3C)n2)CC1. The third-order valence-corrected chi connectivity index (χ3v) is 5.47. The van der Waals surface area contributed by atoms with Crippen LogP contribution in [-0.4, -0.2) is 48.4 Å². The Morgan fingerprint density at radius 1 is 1.38 bits per heavy atom. The number of furan rings is 1. The van der Waals surface area contributed by atoms with E-state index in [-0.39, 0.29) is 18.2 Å².